The van der Waals surface area contributed by atoms with Gasteiger partial charge in [-0.2, -0.15) is 0 Å². The van der Waals surface area contributed by atoms with E-state index in [1.807, 2.05) is 24.3 Å². The van der Waals surface area contributed by atoms with Crippen molar-refractivity contribution < 1.29 is 14.3 Å². The van der Waals surface area contributed by atoms with Crippen LogP contribution >= 0.6 is 0 Å². The number of hydrogen-bond donors (Lipinski definition) is 0. The highest BCUT2D eigenvalue weighted by Crippen LogP contribution is 2.22. The van der Waals surface area contributed by atoms with Crippen molar-refractivity contribution in [3.63, 3.8) is 0 Å². The first kappa shape index (κ1) is 12.9. The summed E-state index contributed by atoms with van der Waals surface area (Å²) < 4.78 is 9.97. The molecule has 0 amide bonds. The summed E-state index contributed by atoms with van der Waals surface area (Å²) in [6.45, 7) is 1.73. The topological polar surface area (TPSA) is 38.8 Å². The van der Waals surface area contributed by atoms with Crippen LogP contribution < -0.4 is 4.74 Å². The number of benzene rings is 1. The average molecular weight is 249 g/mol. The Morgan fingerprint density at radius 3 is 2.67 bits per heavy atom. The molecule has 1 aromatic rings. The van der Waals surface area contributed by atoms with E-state index in [4.69, 9.17) is 9.47 Å². The lowest BCUT2D eigenvalue weighted by Gasteiger charge is -2.22. The van der Waals surface area contributed by atoms with Gasteiger partial charge < -0.3 is 9.47 Å². The highest BCUT2D eigenvalue weighted by Gasteiger charge is 2.31. The number of hydrogen-bond acceptors (Lipinski definition) is 4. The molecule has 0 aromatic heterocycles. The second-order valence-electron chi connectivity index (χ2n) is 4.50. The molecule has 1 aromatic carbocycles. The third-order valence-corrected chi connectivity index (χ3v) is 3.38. The van der Waals surface area contributed by atoms with Gasteiger partial charge in [-0.15, -0.1) is 0 Å². The van der Waals surface area contributed by atoms with Crippen LogP contribution in [0, 0.1) is 0 Å². The molecule has 0 N–H and O–H groups in total. The molecule has 1 heterocycles. The van der Waals surface area contributed by atoms with Crippen LogP contribution in [0.3, 0.4) is 0 Å². The van der Waals surface area contributed by atoms with Gasteiger partial charge in [0.15, 0.2) is 0 Å². The summed E-state index contributed by atoms with van der Waals surface area (Å²) in [7, 11) is 3.11. The van der Waals surface area contributed by atoms with E-state index in [2.05, 4.69) is 4.90 Å². The fourth-order valence-corrected chi connectivity index (χ4v) is 2.38. The van der Waals surface area contributed by atoms with Gasteiger partial charge >= 0.3 is 5.97 Å². The lowest BCUT2D eigenvalue weighted by molar-refractivity contribution is -0.146. The number of carbonyl (C=O) groups is 1. The minimum atomic E-state index is -0.124. The van der Waals surface area contributed by atoms with Gasteiger partial charge in [-0.05, 0) is 37.1 Å². The van der Waals surface area contributed by atoms with E-state index in [1.165, 1.54) is 12.7 Å². The van der Waals surface area contributed by atoms with Crippen molar-refractivity contribution >= 4 is 5.97 Å². The fourth-order valence-electron chi connectivity index (χ4n) is 2.38. The summed E-state index contributed by atoms with van der Waals surface area (Å²) in [5.41, 5.74) is 1.19. The summed E-state index contributed by atoms with van der Waals surface area (Å²) >= 11 is 0. The summed E-state index contributed by atoms with van der Waals surface area (Å²) in [6.07, 6.45) is 1.94. The summed E-state index contributed by atoms with van der Waals surface area (Å²) in [5.74, 6) is 0.728. The minimum Gasteiger partial charge on any atom is -0.497 e. The monoisotopic (exact) mass is 249 g/mol. The zero-order valence-electron chi connectivity index (χ0n) is 10.9. The molecule has 1 aliphatic rings. The Morgan fingerprint density at radius 2 is 2.06 bits per heavy atom. The molecule has 0 bridgehead atoms. The number of methoxy groups -OCH3 is 2. The molecule has 18 heavy (non-hydrogen) atoms. The first-order chi connectivity index (χ1) is 8.74. The SMILES string of the molecule is COC(=O)[C@@H]1CCCN1Cc1ccc(OC)cc1. The van der Waals surface area contributed by atoms with Crippen molar-refractivity contribution in [2.24, 2.45) is 0 Å². The predicted molar refractivity (Wildman–Crippen MR) is 68.4 cm³/mol. The van der Waals surface area contributed by atoms with Crippen molar-refractivity contribution in [3.8, 4) is 5.75 Å². The van der Waals surface area contributed by atoms with Crippen LogP contribution in [0.15, 0.2) is 24.3 Å². The van der Waals surface area contributed by atoms with Crippen LogP contribution in [0.4, 0.5) is 0 Å². The number of nitrogens with zero attached hydrogens (tertiary/aromatic N) is 1. The molecule has 0 spiro atoms. The summed E-state index contributed by atoms with van der Waals surface area (Å²) in [6, 6.07) is 7.87. The Hall–Kier alpha value is -1.55. The number of esters is 1. The van der Waals surface area contributed by atoms with Gasteiger partial charge in [0.1, 0.15) is 11.8 Å². The van der Waals surface area contributed by atoms with Gasteiger partial charge in [0.2, 0.25) is 0 Å². The third-order valence-electron chi connectivity index (χ3n) is 3.38. The van der Waals surface area contributed by atoms with Crippen LogP contribution in [0.1, 0.15) is 18.4 Å². The van der Waals surface area contributed by atoms with Crippen LogP contribution in [0.25, 0.3) is 0 Å². The zero-order chi connectivity index (χ0) is 13.0. The lowest BCUT2D eigenvalue weighted by atomic mass is 10.2. The molecule has 2 rings (SSSR count). The maximum atomic E-state index is 11.6. The maximum Gasteiger partial charge on any atom is 0.323 e. The molecule has 4 nitrogen and oxygen atoms in total. The van der Waals surface area contributed by atoms with Gasteiger partial charge in [-0.3, -0.25) is 9.69 Å². The maximum absolute atomic E-state index is 11.6. The van der Waals surface area contributed by atoms with E-state index in [9.17, 15) is 4.79 Å². The Bertz CT molecular complexity index is 402. The number of rotatable bonds is 4. The summed E-state index contributed by atoms with van der Waals surface area (Å²) in [5, 5.41) is 0. The number of carbonyl (C=O) groups excluding carboxylic acids is 1. The van der Waals surface area contributed by atoms with Crippen molar-refractivity contribution in [2.75, 3.05) is 20.8 Å². The molecule has 1 saturated heterocycles. The average Bonchev–Trinajstić information content (AvgIpc) is 2.87. The Balaban J connectivity index is 2.01. The fraction of sp³-hybridized carbons (Fsp3) is 0.500. The van der Waals surface area contributed by atoms with E-state index >= 15 is 0 Å². The normalized spacial score (nSPS) is 19.8. The van der Waals surface area contributed by atoms with Crippen LogP contribution in [0.2, 0.25) is 0 Å². The molecule has 4 heteroatoms. The summed E-state index contributed by atoms with van der Waals surface area (Å²) in [4.78, 5) is 13.8. The Labute approximate surface area is 107 Å². The van der Waals surface area contributed by atoms with Crippen molar-refractivity contribution in [2.45, 2.75) is 25.4 Å². The molecule has 1 atom stereocenters. The van der Waals surface area contributed by atoms with E-state index in [1.54, 1.807) is 7.11 Å². The number of ether oxygens (including phenoxy) is 2. The molecule has 0 saturated carbocycles. The van der Waals surface area contributed by atoms with Gasteiger partial charge in [0, 0.05) is 6.54 Å². The van der Waals surface area contributed by atoms with Gasteiger partial charge in [-0.25, -0.2) is 0 Å². The first-order valence-corrected chi connectivity index (χ1v) is 6.19. The van der Waals surface area contributed by atoms with Gasteiger partial charge in [-0.1, -0.05) is 12.1 Å². The molecule has 0 unspecified atom stereocenters. The van der Waals surface area contributed by atoms with Crippen molar-refractivity contribution in [1.29, 1.82) is 0 Å². The predicted octanol–water partition coefficient (Wildman–Crippen LogP) is 1.83. The van der Waals surface area contributed by atoms with Crippen LogP contribution in [0.5, 0.6) is 5.75 Å². The third kappa shape index (κ3) is 2.82. The van der Waals surface area contributed by atoms with Crippen molar-refractivity contribution in [3.05, 3.63) is 29.8 Å². The minimum absolute atomic E-state index is 0.0860. The Morgan fingerprint density at radius 1 is 1.33 bits per heavy atom. The zero-order valence-corrected chi connectivity index (χ0v) is 10.9. The lowest BCUT2D eigenvalue weighted by Crippen LogP contribution is -2.36. The largest absolute Gasteiger partial charge is 0.497 e. The van der Waals surface area contributed by atoms with Crippen LogP contribution in [-0.2, 0) is 16.1 Å². The van der Waals surface area contributed by atoms with E-state index in [0.717, 1.165) is 31.7 Å². The molecule has 0 aliphatic carbocycles. The standard InChI is InChI=1S/C14H19NO3/c1-17-12-7-5-11(6-8-12)10-15-9-3-4-13(15)14(16)18-2/h5-8,13H,3-4,9-10H2,1-2H3/t13-/m0/s1. The van der Waals surface area contributed by atoms with Crippen LogP contribution in [-0.4, -0.2) is 37.7 Å². The second kappa shape index (κ2) is 5.87. The van der Waals surface area contributed by atoms with Crippen molar-refractivity contribution in [1.82, 2.24) is 4.90 Å². The van der Waals surface area contributed by atoms with Gasteiger partial charge in [0.05, 0.1) is 14.2 Å². The Kier molecular flexibility index (Phi) is 4.20. The van der Waals surface area contributed by atoms with Gasteiger partial charge in [0.25, 0.3) is 0 Å². The molecule has 1 aliphatic heterocycles. The molecular weight excluding hydrogens is 230 g/mol. The highest BCUT2D eigenvalue weighted by atomic mass is 16.5. The van der Waals surface area contributed by atoms with E-state index in [-0.39, 0.29) is 12.0 Å². The highest BCUT2D eigenvalue weighted by molar-refractivity contribution is 5.75. The molecule has 0 radical (unpaired) electrons. The molecule has 98 valence electrons. The number of likely N-dealkylation sites (tertiary alicyclic amines) is 1. The first-order valence-electron chi connectivity index (χ1n) is 6.19. The molecular formula is C14H19NO3. The smallest absolute Gasteiger partial charge is 0.323 e. The quantitative estimate of drug-likeness (QED) is 0.763. The van der Waals surface area contributed by atoms with E-state index < -0.39 is 0 Å². The second-order valence-corrected chi connectivity index (χ2v) is 4.50. The molecule has 1 fully saturated rings. The van der Waals surface area contributed by atoms with E-state index in [0.29, 0.717) is 0 Å².